The highest BCUT2D eigenvalue weighted by Crippen LogP contribution is 2.23. The molecule has 0 spiro atoms. The van der Waals surface area contributed by atoms with E-state index in [1.807, 2.05) is 13.8 Å². The summed E-state index contributed by atoms with van der Waals surface area (Å²) < 4.78 is 31.4. The van der Waals surface area contributed by atoms with Gasteiger partial charge in [0.25, 0.3) is 0 Å². The highest BCUT2D eigenvalue weighted by atomic mass is 19.2. The van der Waals surface area contributed by atoms with Crippen molar-refractivity contribution in [3.63, 3.8) is 0 Å². The van der Waals surface area contributed by atoms with E-state index in [9.17, 15) is 13.9 Å². The molecule has 0 bridgehead atoms. The van der Waals surface area contributed by atoms with Gasteiger partial charge in [-0.05, 0) is 31.5 Å². The van der Waals surface area contributed by atoms with E-state index in [4.69, 9.17) is 4.74 Å². The number of ether oxygens (including phenoxy) is 1. The molecule has 2 rings (SSSR count). The van der Waals surface area contributed by atoms with Gasteiger partial charge in [0.15, 0.2) is 11.6 Å². The summed E-state index contributed by atoms with van der Waals surface area (Å²) in [5.74, 6) is -1.74. The van der Waals surface area contributed by atoms with Gasteiger partial charge in [0.1, 0.15) is 0 Å². The van der Waals surface area contributed by atoms with Crippen LogP contribution in [-0.4, -0.2) is 48.0 Å². The van der Waals surface area contributed by atoms with E-state index in [0.29, 0.717) is 25.2 Å². The SMILES string of the molecule is CC(C)(C(O)Cc1ccc(F)c(F)c1)N1CCOCC1. The average Bonchev–Trinajstić information content (AvgIpc) is 2.44. The van der Waals surface area contributed by atoms with Gasteiger partial charge in [-0.3, -0.25) is 4.90 Å². The lowest BCUT2D eigenvalue weighted by atomic mass is 9.89. The van der Waals surface area contributed by atoms with Crippen molar-refractivity contribution in [1.29, 1.82) is 0 Å². The minimum Gasteiger partial charge on any atom is -0.391 e. The Morgan fingerprint density at radius 3 is 2.50 bits per heavy atom. The quantitative estimate of drug-likeness (QED) is 0.918. The molecule has 0 saturated carbocycles. The molecular weight excluding hydrogens is 264 g/mol. The maximum atomic E-state index is 13.2. The first-order chi connectivity index (χ1) is 9.41. The van der Waals surface area contributed by atoms with E-state index in [2.05, 4.69) is 4.90 Å². The molecule has 0 aliphatic carbocycles. The molecule has 1 fully saturated rings. The molecule has 0 amide bonds. The standard InChI is InChI=1S/C15H21F2NO2/c1-15(2,18-5-7-20-8-6-18)14(19)10-11-3-4-12(16)13(17)9-11/h3-4,9,14,19H,5-8,10H2,1-2H3. The van der Waals surface area contributed by atoms with Crippen LogP contribution in [0.3, 0.4) is 0 Å². The zero-order valence-corrected chi connectivity index (χ0v) is 11.9. The van der Waals surface area contributed by atoms with Gasteiger partial charge >= 0.3 is 0 Å². The van der Waals surface area contributed by atoms with Crippen molar-refractivity contribution in [2.45, 2.75) is 31.9 Å². The van der Waals surface area contributed by atoms with Crippen LogP contribution in [-0.2, 0) is 11.2 Å². The van der Waals surface area contributed by atoms with E-state index >= 15 is 0 Å². The predicted octanol–water partition coefficient (Wildman–Crippen LogP) is 1.98. The lowest BCUT2D eigenvalue weighted by Crippen LogP contribution is -2.56. The summed E-state index contributed by atoms with van der Waals surface area (Å²) in [7, 11) is 0. The second-order valence-electron chi connectivity index (χ2n) is 5.72. The number of halogens is 2. The fourth-order valence-corrected chi connectivity index (χ4v) is 2.49. The molecule has 1 N–H and O–H groups in total. The maximum absolute atomic E-state index is 13.2. The third-order valence-corrected chi connectivity index (χ3v) is 4.05. The van der Waals surface area contributed by atoms with E-state index in [1.165, 1.54) is 6.07 Å². The topological polar surface area (TPSA) is 32.7 Å². The van der Waals surface area contributed by atoms with E-state index in [1.54, 1.807) is 0 Å². The zero-order chi connectivity index (χ0) is 14.8. The van der Waals surface area contributed by atoms with Crippen molar-refractivity contribution in [2.75, 3.05) is 26.3 Å². The minimum atomic E-state index is -0.876. The molecular formula is C15H21F2NO2. The largest absolute Gasteiger partial charge is 0.391 e. The van der Waals surface area contributed by atoms with Crippen LogP contribution in [0.15, 0.2) is 18.2 Å². The molecule has 1 heterocycles. The van der Waals surface area contributed by atoms with E-state index in [0.717, 1.165) is 25.2 Å². The Hall–Kier alpha value is -1.04. The summed E-state index contributed by atoms with van der Waals surface area (Å²) in [6.07, 6.45) is -0.368. The Labute approximate surface area is 118 Å². The Morgan fingerprint density at radius 1 is 1.25 bits per heavy atom. The van der Waals surface area contributed by atoms with Crippen LogP contribution in [0.25, 0.3) is 0 Å². The summed E-state index contributed by atoms with van der Waals surface area (Å²) in [4.78, 5) is 2.17. The molecule has 1 saturated heterocycles. The molecule has 0 aromatic heterocycles. The molecule has 1 atom stereocenters. The van der Waals surface area contributed by atoms with Crippen molar-refractivity contribution in [1.82, 2.24) is 4.90 Å². The summed E-state index contributed by atoms with van der Waals surface area (Å²) in [6, 6.07) is 3.75. The molecule has 1 aromatic carbocycles. The van der Waals surface area contributed by atoms with Gasteiger partial charge in [0.2, 0.25) is 0 Å². The number of aliphatic hydroxyl groups excluding tert-OH is 1. The van der Waals surface area contributed by atoms with Crippen LogP contribution in [0.4, 0.5) is 8.78 Å². The predicted molar refractivity (Wildman–Crippen MR) is 72.5 cm³/mol. The number of rotatable bonds is 4. The van der Waals surface area contributed by atoms with Gasteiger partial charge in [0.05, 0.1) is 19.3 Å². The molecule has 0 radical (unpaired) electrons. The van der Waals surface area contributed by atoms with Crippen molar-refractivity contribution >= 4 is 0 Å². The van der Waals surface area contributed by atoms with Gasteiger partial charge in [-0.25, -0.2) is 8.78 Å². The normalized spacial score (nSPS) is 19.1. The van der Waals surface area contributed by atoms with Gasteiger partial charge in [-0.2, -0.15) is 0 Å². The first-order valence-electron chi connectivity index (χ1n) is 6.86. The average molecular weight is 285 g/mol. The molecule has 1 aromatic rings. The molecule has 20 heavy (non-hydrogen) atoms. The lowest BCUT2D eigenvalue weighted by molar-refractivity contribution is -0.0612. The van der Waals surface area contributed by atoms with E-state index in [-0.39, 0.29) is 0 Å². The molecule has 3 nitrogen and oxygen atoms in total. The number of hydrogen-bond acceptors (Lipinski definition) is 3. The lowest BCUT2D eigenvalue weighted by Gasteiger charge is -2.43. The van der Waals surface area contributed by atoms with Crippen LogP contribution in [0.1, 0.15) is 19.4 Å². The van der Waals surface area contributed by atoms with Crippen molar-refractivity contribution in [2.24, 2.45) is 0 Å². The zero-order valence-electron chi connectivity index (χ0n) is 11.9. The monoisotopic (exact) mass is 285 g/mol. The molecule has 1 unspecified atom stereocenters. The van der Waals surface area contributed by atoms with Gasteiger partial charge in [-0.1, -0.05) is 6.07 Å². The van der Waals surface area contributed by atoms with Crippen molar-refractivity contribution in [3.05, 3.63) is 35.4 Å². The van der Waals surface area contributed by atoms with Gasteiger partial charge in [0, 0.05) is 25.0 Å². The van der Waals surface area contributed by atoms with Gasteiger partial charge < -0.3 is 9.84 Å². The number of aliphatic hydroxyl groups is 1. The Balaban J connectivity index is 2.05. The second kappa shape index (κ2) is 6.16. The first kappa shape index (κ1) is 15.4. The highest BCUT2D eigenvalue weighted by Gasteiger charge is 2.35. The fourth-order valence-electron chi connectivity index (χ4n) is 2.49. The molecule has 112 valence electrons. The van der Waals surface area contributed by atoms with E-state index < -0.39 is 23.3 Å². The van der Waals surface area contributed by atoms with Crippen LogP contribution >= 0.6 is 0 Å². The third kappa shape index (κ3) is 3.34. The first-order valence-corrected chi connectivity index (χ1v) is 6.86. The maximum Gasteiger partial charge on any atom is 0.159 e. The van der Waals surface area contributed by atoms with Crippen LogP contribution in [0, 0.1) is 11.6 Å². The molecule has 1 aliphatic heterocycles. The Morgan fingerprint density at radius 2 is 1.90 bits per heavy atom. The van der Waals surface area contributed by atoms with Crippen molar-refractivity contribution in [3.8, 4) is 0 Å². The number of hydrogen-bond donors (Lipinski definition) is 1. The van der Waals surface area contributed by atoms with Crippen LogP contribution < -0.4 is 0 Å². The highest BCUT2D eigenvalue weighted by molar-refractivity contribution is 5.19. The molecule has 1 aliphatic rings. The third-order valence-electron chi connectivity index (χ3n) is 4.05. The summed E-state index contributed by atoms with van der Waals surface area (Å²) in [5.41, 5.74) is 0.159. The molecule has 5 heteroatoms. The second-order valence-corrected chi connectivity index (χ2v) is 5.72. The number of nitrogens with zero attached hydrogens (tertiary/aromatic N) is 1. The Bertz CT molecular complexity index is 459. The minimum absolute atomic E-state index is 0.293. The van der Waals surface area contributed by atoms with Gasteiger partial charge in [-0.15, -0.1) is 0 Å². The number of benzene rings is 1. The fraction of sp³-hybridized carbons (Fsp3) is 0.600. The Kier molecular flexibility index (Phi) is 4.73. The van der Waals surface area contributed by atoms with Crippen LogP contribution in [0.5, 0.6) is 0 Å². The summed E-state index contributed by atoms with van der Waals surface area (Å²) >= 11 is 0. The summed E-state index contributed by atoms with van der Waals surface area (Å²) in [5, 5.41) is 10.4. The van der Waals surface area contributed by atoms with Crippen LogP contribution in [0.2, 0.25) is 0 Å². The smallest absolute Gasteiger partial charge is 0.159 e. The van der Waals surface area contributed by atoms with Crippen molar-refractivity contribution < 1.29 is 18.6 Å². The summed E-state index contributed by atoms with van der Waals surface area (Å²) in [6.45, 7) is 6.76. The number of morpholine rings is 1.